The third kappa shape index (κ3) is 3.46. The summed E-state index contributed by atoms with van der Waals surface area (Å²) in [7, 11) is 0. The fourth-order valence-electron chi connectivity index (χ4n) is 3.56. The first-order chi connectivity index (χ1) is 11.8. The van der Waals surface area contributed by atoms with Crippen molar-refractivity contribution < 1.29 is 9.80 Å². The van der Waals surface area contributed by atoms with Crippen molar-refractivity contribution in [3.63, 3.8) is 0 Å². The zero-order valence-electron chi connectivity index (χ0n) is 13.7. The lowest BCUT2D eigenvalue weighted by Crippen LogP contribution is -3.28. The van der Waals surface area contributed by atoms with Crippen LogP contribution in [0, 0.1) is 22.7 Å². The van der Waals surface area contributed by atoms with Crippen LogP contribution in [0.3, 0.4) is 0 Å². The van der Waals surface area contributed by atoms with Crippen LogP contribution in [0.2, 0.25) is 0 Å². The summed E-state index contributed by atoms with van der Waals surface area (Å²) in [5.74, 6) is 0. The number of hydrogen-bond donors (Lipinski definition) is 2. The van der Waals surface area contributed by atoms with E-state index >= 15 is 0 Å². The highest BCUT2D eigenvalue weighted by Gasteiger charge is 2.34. The smallest absolute Gasteiger partial charge is 0.201 e. The van der Waals surface area contributed by atoms with Gasteiger partial charge in [-0.2, -0.15) is 10.5 Å². The maximum absolute atomic E-state index is 9.60. The van der Waals surface area contributed by atoms with Crippen LogP contribution in [0.25, 0.3) is 0 Å². The minimum absolute atomic E-state index is 0.120. The van der Waals surface area contributed by atoms with E-state index in [0.29, 0.717) is 0 Å². The van der Waals surface area contributed by atoms with Gasteiger partial charge < -0.3 is 9.80 Å². The Labute approximate surface area is 143 Å². The molecule has 0 radical (unpaired) electrons. The summed E-state index contributed by atoms with van der Waals surface area (Å²) in [4.78, 5) is 2.61. The van der Waals surface area contributed by atoms with Crippen molar-refractivity contribution in [3.05, 3.63) is 71.8 Å². The third-order valence-electron chi connectivity index (χ3n) is 4.87. The molecule has 4 heteroatoms. The van der Waals surface area contributed by atoms with Gasteiger partial charge in [0.15, 0.2) is 0 Å². The normalized spacial score (nSPS) is 22.8. The summed E-state index contributed by atoms with van der Waals surface area (Å²) in [5, 5.41) is 19.2. The molecule has 1 saturated heterocycles. The number of hydrogen-bond acceptors (Lipinski definition) is 2. The van der Waals surface area contributed by atoms with Gasteiger partial charge in [-0.25, -0.2) is 0 Å². The molecule has 0 bridgehead atoms. The molecule has 1 heterocycles. The van der Waals surface area contributed by atoms with Crippen LogP contribution in [0.4, 0.5) is 0 Å². The van der Waals surface area contributed by atoms with Gasteiger partial charge in [-0.15, -0.1) is 0 Å². The average molecular weight is 318 g/mol. The van der Waals surface area contributed by atoms with Crippen molar-refractivity contribution in [1.29, 1.82) is 10.5 Å². The number of quaternary nitrogens is 2. The van der Waals surface area contributed by atoms with E-state index < -0.39 is 0 Å². The number of nitrogens with zero attached hydrogens (tertiary/aromatic N) is 2. The van der Waals surface area contributed by atoms with Crippen LogP contribution in [0.1, 0.15) is 23.2 Å². The Kier molecular flexibility index (Phi) is 5.23. The number of nitrogens with one attached hydrogen (secondary N) is 2. The average Bonchev–Trinajstić information content (AvgIpc) is 2.66. The van der Waals surface area contributed by atoms with Crippen LogP contribution in [-0.4, -0.2) is 26.2 Å². The van der Waals surface area contributed by atoms with Gasteiger partial charge in [0, 0.05) is 11.1 Å². The second kappa shape index (κ2) is 7.75. The van der Waals surface area contributed by atoms with E-state index in [-0.39, 0.29) is 12.1 Å². The summed E-state index contributed by atoms with van der Waals surface area (Å²) in [6.45, 7) is 3.64. The second-order valence-corrected chi connectivity index (χ2v) is 6.26. The fourth-order valence-corrected chi connectivity index (χ4v) is 3.56. The highest BCUT2D eigenvalue weighted by Crippen LogP contribution is 2.09. The maximum Gasteiger partial charge on any atom is 0.201 e. The number of benzene rings is 2. The van der Waals surface area contributed by atoms with Gasteiger partial charge in [-0.1, -0.05) is 60.7 Å². The molecule has 2 atom stereocenters. The first-order valence-corrected chi connectivity index (χ1v) is 8.41. The topological polar surface area (TPSA) is 56.5 Å². The van der Waals surface area contributed by atoms with Crippen molar-refractivity contribution >= 4 is 0 Å². The van der Waals surface area contributed by atoms with Crippen LogP contribution in [-0.2, 0) is 0 Å². The monoisotopic (exact) mass is 318 g/mol. The maximum atomic E-state index is 9.60. The first-order valence-electron chi connectivity index (χ1n) is 8.41. The van der Waals surface area contributed by atoms with Crippen LogP contribution in [0.15, 0.2) is 60.7 Å². The van der Waals surface area contributed by atoms with Crippen molar-refractivity contribution in [2.24, 2.45) is 0 Å². The highest BCUT2D eigenvalue weighted by molar-refractivity contribution is 5.22. The predicted octanol–water partition coefficient (Wildman–Crippen LogP) is 0.300. The van der Waals surface area contributed by atoms with E-state index in [2.05, 4.69) is 12.1 Å². The predicted molar refractivity (Wildman–Crippen MR) is 91.0 cm³/mol. The Morgan fingerprint density at radius 1 is 0.625 bits per heavy atom. The van der Waals surface area contributed by atoms with E-state index in [0.717, 1.165) is 37.3 Å². The standard InChI is InChI=1S/C20H20N4/c21-15-19(17-7-3-1-4-8-17)23-11-13-24(14-12-23)20(16-22)18-9-5-2-6-10-18/h1-10,19-20H,11-14H2/p+2/t19-,20-/m1/s1. The summed E-state index contributed by atoms with van der Waals surface area (Å²) >= 11 is 0. The molecule has 4 nitrogen and oxygen atoms in total. The molecule has 2 aromatic rings. The van der Waals surface area contributed by atoms with Gasteiger partial charge in [0.25, 0.3) is 0 Å². The van der Waals surface area contributed by atoms with Gasteiger partial charge >= 0.3 is 0 Å². The Hall–Kier alpha value is -2.66. The van der Waals surface area contributed by atoms with Gasteiger partial charge in [0.05, 0.1) is 0 Å². The number of rotatable bonds is 4. The van der Waals surface area contributed by atoms with Crippen LogP contribution >= 0.6 is 0 Å². The van der Waals surface area contributed by atoms with Crippen LogP contribution < -0.4 is 9.80 Å². The molecule has 2 N–H and O–H groups in total. The Bertz CT molecular complexity index is 656. The summed E-state index contributed by atoms with van der Waals surface area (Å²) in [6.07, 6.45) is 0. The van der Waals surface area contributed by atoms with E-state index in [9.17, 15) is 10.5 Å². The molecule has 1 fully saturated rings. The molecular weight excluding hydrogens is 296 g/mol. The lowest BCUT2D eigenvalue weighted by Gasteiger charge is -2.34. The minimum atomic E-state index is -0.120. The molecule has 0 unspecified atom stereocenters. The second-order valence-electron chi connectivity index (χ2n) is 6.26. The van der Waals surface area contributed by atoms with Crippen molar-refractivity contribution in [2.45, 2.75) is 12.1 Å². The molecule has 1 aliphatic heterocycles. The molecule has 0 saturated carbocycles. The van der Waals surface area contributed by atoms with E-state index in [1.54, 1.807) is 0 Å². The van der Waals surface area contributed by atoms with E-state index in [4.69, 9.17) is 0 Å². The molecule has 24 heavy (non-hydrogen) atoms. The zero-order valence-corrected chi connectivity index (χ0v) is 13.7. The van der Waals surface area contributed by atoms with Crippen molar-refractivity contribution in [1.82, 2.24) is 0 Å². The minimum Gasteiger partial charge on any atom is -0.307 e. The van der Waals surface area contributed by atoms with E-state index in [1.807, 2.05) is 60.7 Å². The molecular formula is C20H22N4+2. The lowest BCUT2D eigenvalue weighted by molar-refractivity contribution is -1.03. The molecule has 1 aliphatic rings. The molecule has 0 aliphatic carbocycles. The van der Waals surface area contributed by atoms with E-state index in [1.165, 1.54) is 9.80 Å². The van der Waals surface area contributed by atoms with Gasteiger partial charge in [-0.05, 0) is 0 Å². The van der Waals surface area contributed by atoms with Gasteiger partial charge in [0.1, 0.15) is 38.3 Å². The molecule has 0 amide bonds. The van der Waals surface area contributed by atoms with Crippen molar-refractivity contribution in [3.8, 4) is 12.1 Å². The molecule has 0 aromatic heterocycles. The first kappa shape index (κ1) is 16.2. The van der Waals surface area contributed by atoms with Crippen LogP contribution in [0.5, 0.6) is 0 Å². The SMILES string of the molecule is N#C[C@H](c1ccccc1)[NH+]1CC[NH+]([C@H](C#N)c2ccccc2)CC1. The third-order valence-corrected chi connectivity index (χ3v) is 4.87. The summed E-state index contributed by atoms with van der Waals surface area (Å²) in [6, 6.07) is 24.7. The largest absolute Gasteiger partial charge is 0.307 e. The molecule has 120 valence electrons. The molecule has 0 spiro atoms. The quantitative estimate of drug-likeness (QED) is 0.852. The van der Waals surface area contributed by atoms with Gasteiger partial charge in [0.2, 0.25) is 12.1 Å². The Morgan fingerprint density at radius 3 is 1.25 bits per heavy atom. The number of nitriles is 2. The fraction of sp³-hybridized carbons (Fsp3) is 0.300. The Morgan fingerprint density at radius 2 is 0.958 bits per heavy atom. The highest BCUT2D eigenvalue weighted by atomic mass is 15.3. The zero-order chi connectivity index (χ0) is 16.8. The van der Waals surface area contributed by atoms with Gasteiger partial charge in [-0.3, -0.25) is 0 Å². The Balaban J connectivity index is 1.67. The van der Waals surface area contributed by atoms with Crippen molar-refractivity contribution in [2.75, 3.05) is 26.2 Å². The number of piperazine rings is 1. The molecule has 3 rings (SSSR count). The molecule has 2 aromatic carbocycles. The lowest BCUT2D eigenvalue weighted by atomic mass is 10.0. The summed E-state index contributed by atoms with van der Waals surface area (Å²) < 4.78 is 0. The summed E-state index contributed by atoms with van der Waals surface area (Å²) in [5.41, 5.74) is 2.16.